The number of hydrogen-bond donors (Lipinski definition) is 0. The molecule has 10 rings (SSSR count). The quantitative estimate of drug-likeness (QED) is 0.136. The summed E-state index contributed by atoms with van der Waals surface area (Å²) in [6.45, 7) is 0. The second kappa shape index (κ2) is 11.5. The van der Waals surface area contributed by atoms with Crippen LogP contribution in [0.4, 0.5) is 11.6 Å². The molecule has 0 unspecified atom stereocenters. The SMILES string of the molecule is Clc1cc2c3[n]4c(c2cc1Cl)N=C1N=C(N=c2c5cc(Cl)c(Cl)cc5c([n]2[Al]4)=NC2=NC(=N3)c3c(Cl)ccc(Cl)c32)c2c(Cl)ccc(Cl)c21.O. The molecule has 6 aromatic rings. The second-order valence-corrected chi connectivity index (χ2v) is 15.8. The summed E-state index contributed by atoms with van der Waals surface area (Å²) >= 11 is 52.9. The normalized spacial score (nSPS) is 14.8. The van der Waals surface area contributed by atoms with Crippen molar-refractivity contribution in [2.45, 2.75) is 0 Å². The third-order valence-electron chi connectivity index (χ3n) is 8.60. The van der Waals surface area contributed by atoms with E-state index in [0.29, 0.717) is 130 Å². The maximum atomic E-state index is 6.82. The van der Waals surface area contributed by atoms with Crippen molar-refractivity contribution < 1.29 is 5.48 Å². The molecule has 0 spiro atoms. The van der Waals surface area contributed by atoms with Gasteiger partial charge in [0.1, 0.15) is 22.6 Å². The summed E-state index contributed by atoms with van der Waals surface area (Å²) in [5.41, 5.74) is 3.15. The van der Waals surface area contributed by atoms with Gasteiger partial charge in [-0.05, 0) is 48.5 Å². The van der Waals surface area contributed by atoms with Crippen molar-refractivity contribution in [1.82, 2.24) is 7.10 Å². The van der Waals surface area contributed by atoms with Crippen molar-refractivity contribution in [3.63, 3.8) is 0 Å². The Kier molecular flexibility index (Phi) is 7.59. The van der Waals surface area contributed by atoms with Gasteiger partial charge >= 0.3 is 15.7 Å². The van der Waals surface area contributed by atoms with Gasteiger partial charge in [0.15, 0.2) is 23.3 Å². The molecule has 6 heterocycles. The third-order valence-corrected chi connectivity index (χ3v) is 12.7. The maximum absolute atomic E-state index is 6.82. The fraction of sp³-hybridized carbons (Fsp3) is 0. The largest absolute Gasteiger partial charge is 0.568 e. The molecule has 50 heavy (non-hydrogen) atoms. The Labute approximate surface area is 326 Å². The number of aromatic nitrogens is 2. The van der Waals surface area contributed by atoms with E-state index in [1.165, 1.54) is 0 Å². The van der Waals surface area contributed by atoms with Crippen molar-refractivity contribution in [2.75, 3.05) is 0 Å². The lowest BCUT2D eigenvalue weighted by Crippen LogP contribution is -2.36. The van der Waals surface area contributed by atoms with Crippen molar-refractivity contribution in [3.05, 3.63) is 122 Å². The van der Waals surface area contributed by atoms with Crippen LogP contribution in [-0.2, 0) is 0 Å². The minimum Gasteiger partial charge on any atom is -0.412 e. The van der Waals surface area contributed by atoms with Crippen LogP contribution in [0.2, 0.25) is 40.2 Å². The lowest BCUT2D eigenvalue weighted by atomic mass is 10.1. The van der Waals surface area contributed by atoms with Gasteiger partial charge in [-0.3, -0.25) is 0 Å². The van der Waals surface area contributed by atoms with Crippen LogP contribution in [0.15, 0.2) is 78.5 Å². The van der Waals surface area contributed by atoms with E-state index in [4.69, 9.17) is 123 Å². The molecular formula is C32H10AlCl8N8O. The third kappa shape index (κ3) is 4.52. The van der Waals surface area contributed by atoms with E-state index in [1.807, 2.05) is 7.10 Å². The van der Waals surface area contributed by atoms with Crippen LogP contribution < -0.4 is 11.0 Å². The molecule has 2 N–H and O–H groups in total. The first-order valence-corrected chi connectivity index (χ1v) is 18.3. The summed E-state index contributed by atoms with van der Waals surface area (Å²) in [5, 5.41) is 5.60. The monoisotopic (exact) mass is 829 g/mol. The molecule has 6 bridgehead atoms. The molecule has 0 fully saturated rings. The Morgan fingerprint density at radius 3 is 1.06 bits per heavy atom. The minimum atomic E-state index is -0.999. The summed E-state index contributed by atoms with van der Waals surface area (Å²) in [6.07, 6.45) is 0. The lowest BCUT2D eigenvalue weighted by molar-refractivity contribution is 0.824. The number of aliphatic imine (C=N–C) groups is 4. The minimum absolute atomic E-state index is 0. The van der Waals surface area contributed by atoms with E-state index in [0.717, 1.165) is 0 Å². The van der Waals surface area contributed by atoms with E-state index in [-0.39, 0.29) is 5.48 Å². The second-order valence-electron chi connectivity index (χ2n) is 11.3. The molecule has 0 amide bonds. The van der Waals surface area contributed by atoms with Gasteiger partial charge in [0.05, 0.1) is 62.4 Å². The van der Waals surface area contributed by atoms with Gasteiger partial charge in [0.2, 0.25) is 0 Å². The molecule has 0 saturated carbocycles. The first-order valence-electron chi connectivity index (χ1n) is 14.2. The molecule has 0 aliphatic carbocycles. The van der Waals surface area contributed by atoms with Gasteiger partial charge in [-0.15, -0.1) is 0 Å². The molecule has 9 nitrogen and oxygen atoms in total. The zero-order valence-corrected chi connectivity index (χ0v) is 31.5. The number of rotatable bonds is 0. The Morgan fingerprint density at radius 2 is 0.700 bits per heavy atom. The molecule has 4 aliphatic heterocycles. The van der Waals surface area contributed by atoms with Crippen LogP contribution in [0.25, 0.3) is 21.5 Å². The molecule has 0 saturated heterocycles. The molecule has 243 valence electrons. The summed E-state index contributed by atoms with van der Waals surface area (Å²) in [4.78, 5) is 30.4. The van der Waals surface area contributed by atoms with Gasteiger partial charge in [0.25, 0.3) is 0 Å². The highest BCUT2D eigenvalue weighted by molar-refractivity contribution is 6.46. The zero-order chi connectivity index (χ0) is 33.6. The van der Waals surface area contributed by atoms with Crippen LogP contribution >= 0.6 is 92.8 Å². The van der Waals surface area contributed by atoms with Gasteiger partial charge < -0.3 is 12.6 Å². The standard InChI is InChI=1S/C32H8Cl8N8.Al.H2O/c33-13-1-2-14(34)22-21(13)29-43-25-9-5-17(37)18(38)6-10(9)27(41-25)45-31-23-15(35)3-4-16(36)24(23)32(48-31)46-28-12-8-20(40)19(39)7-11(12)26(42-28)44-30(22)47-29;;/h1-8H;;1H2/q-2;+2;. The molecule has 18 heteroatoms. The molecule has 1 radical (unpaired) electrons. The summed E-state index contributed by atoms with van der Waals surface area (Å²) in [6, 6.07) is 13.8. The van der Waals surface area contributed by atoms with Crippen molar-refractivity contribution in [3.8, 4) is 0 Å². The fourth-order valence-electron chi connectivity index (χ4n) is 6.47. The van der Waals surface area contributed by atoms with E-state index in [2.05, 4.69) is 0 Å². The number of fused-ring (bicyclic) bond motifs is 14. The number of nitrogens with zero attached hydrogens (tertiary/aromatic N) is 8. The molecule has 2 aromatic heterocycles. The van der Waals surface area contributed by atoms with Crippen LogP contribution in [0.3, 0.4) is 0 Å². The van der Waals surface area contributed by atoms with Crippen LogP contribution in [0, 0.1) is 0 Å². The lowest BCUT2D eigenvalue weighted by Gasteiger charge is -2.11. The zero-order valence-electron chi connectivity index (χ0n) is 24.3. The average Bonchev–Trinajstić information content (AvgIpc) is 3.76. The molecule has 4 aromatic carbocycles. The highest BCUT2D eigenvalue weighted by atomic mass is 35.5. The van der Waals surface area contributed by atoms with Gasteiger partial charge in [-0.25, -0.2) is 30.0 Å². The van der Waals surface area contributed by atoms with Crippen LogP contribution in [0.1, 0.15) is 22.3 Å². The van der Waals surface area contributed by atoms with E-state index < -0.39 is 15.7 Å². The maximum Gasteiger partial charge on any atom is 0.568 e. The summed E-state index contributed by atoms with van der Waals surface area (Å²) < 4.78 is 3.96. The predicted molar refractivity (Wildman–Crippen MR) is 205 cm³/mol. The topological polar surface area (TPSA) is 116 Å². The Morgan fingerprint density at radius 1 is 0.380 bits per heavy atom. The highest BCUT2D eigenvalue weighted by Crippen LogP contribution is 2.45. The van der Waals surface area contributed by atoms with Crippen molar-refractivity contribution in [1.29, 1.82) is 0 Å². The van der Waals surface area contributed by atoms with Crippen LogP contribution in [0.5, 0.6) is 0 Å². The van der Waals surface area contributed by atoms with Crippen molar-refractivity contribution in [2.24, 2.45) is 30.0 Å². The number of hydrogen-bond acceptors (Lipinski definition) is 6. The fourth-order valence-corrected chi connectivity index (χ4v) is 9.55. The average molecular weight is 833 g/mol. The Balaban J connectivity index is 0.00000336. The number of amidine groups is 4. The first kappa shape index (κ1) is 32.9. The first-order chi connectivity index (χ1) is 23.6. The summed E-state index contributed by atoms with van der Waals surface area (Å²) in [7, 11) is 0. The Hall–Kier alpha value is -2.95. The van der Waals surface area contributed by atoms with Gasteiger partial charge in [0, 0.05) is 21.5 Å². The van der Waals surface area contributed by atoms with E-state index in [1.54, 1.807) is 48.5 Å². The summed E-state index contributed by atoms with van der Waals surface area (Å²) in [5.74, 6) is 2.26. The number of benzene rings is 4. The highest BCUT2D eigenvalue weighted by Gasteiger charge is 2.34. The Bertz CT molecular complexity index is 2720. The van der Waals surface area contributed by atoms with E-state index in [9.17, 15) is 0 Å². The van der Waals surface area contributed by atoms with Gasteiger partial charge in [-0.2, -0.15) is 0 Å². The molecule has 4 aliphatic rings. The smallest absolute Gasteiger partial charge is 0.412 e. The van der Waals surface area contributed by atoms with E-state index >= 15 is 0 Å². The van der Waals surface area contributed by atoms with Crippen molar-refractivity contribution >= 4 is 165 Å². The van der Waals surface area contributed by atoms with Crippen LogP contribution in [-0.4, -0.2) is 51.6 Å². The predicted octanol–water partition coefficient (Wildman–Crippen LogP) is 8.87. The molecule has 0 atom stereocenters. The van der Waals surface area contributed by atoms with Gasteiger partial charge in [-0.1, -0.05) is 92.8 Å². The molecular weight excluding hydrogens is 823 g/mol. The number of halogens is 8.